The lowest BCUT2D eigenvalue weighted by atomic mass is 10.1. The zero-order chi connectivity index (χ0) is 17.6. The Morgan fingerprint density at radius 3 is 2.24 bits per heavy atom. The fourth-order valence-corrected chi connectivity index (χ4v) is 3.03. The minimum atomic E-state index is -0.320. The molecule has 132 valence electrons. The molecular weight excluding hydrogens is 319 g/mol. The number of carbonyl (C=O) groups is 1. The van der Waals surface area contributed by atoms with Crippen molar-refractivity contribution in [3.63, 3.8) is 0 Å². The standard InChI is InChI=1S/C20H23FN2O2/c1-25-19-8-2-16(3-9-19)10-11-22-12-14-23(15-13-22)20(24)17-4-6-18(21)7-5-17/h2-9H,10-15H2,1H3. The lowest BCUT2D eigenvalue weighted by Crippen LogP contribution is -2.49. The van der Waals surface area contributed by atoms with Gasteiger partial charge >= 0.3 is 0 Å². The number of carbonyl (C=O) groups excluding carboxylic acids is 1. The fourth-order valence-electron chi connectivity index (χ4n) is 3.03. The van der Waals surface area contributed by atoms with Gasteiger partial charge in [0.1, 0.15) is 11.6 Å². The first-order valence-electron chi connectivity index (χ1n) is 8.56. The number of piperazine rings is 1. The van der Waals surface area contributed by atoms with Crippen molar-refractivity contribution < 1.29 is 13.9 Å². The van der Waals surface area contributed by atoms with Gasteiger partial charge in [0.25, 0.3) is 5.91 Å². The highest BCUT2D eigenvalue weighted by molar-refractivity contribution is 5.94. The molecule has 2 aromatic carbocycles. The van der Waals surface area contributed by atoms with Crippen LogP contribution < -0.4 is 4.74 Å². The zero-order valence-electron chi connectivity index (χ0n) is 14.5. The number of rotatable bonds is 5. The van der Waals surface area contributed by atoms with Crippen LogP contribution in [-0.2, 0) is 6.42 Å². The van der Waals surface area contributed by atoms with E-state index in [4.69, 9.17) is 4.74 Å². The van der Waals surface area contributed by atoms with Crippen LogP contribution in [0.3, 0.4) is 0 Å². The Hall–Kier alpha value is -2.40. The predicted molar refractivity (Wildman–Crippen MR) is 95.4 cm³/mol. The molecule has 25 heavy (non-hydrogen) atoms. The molecule has 1 amide bonds. The summed E-state index contributed by atoms with van der Waals surface area (Å²) in [5.74, 6) is 0.534. The molecule has 5 heteroatoms. The number of hydrogen-bond acceptors (Lipinski definition) is 3. The third-order valence-corrected chi connectivity index (χ3v) is 4.63. The van der Waals surface area contributed by atoms with E-state index < -0.39 is 0 Å². The van der Waals surface area contributed by atoms with Gasteiger partial charge in [0.2, 0.25) is 0 Å². The summed E-state index contributed by atoms with van der Waals surface area (Å²) in [4.78, 5) is 16.6. The van der Waals surface area contributed by atoms with E-state index in [-0.39, 0.29) is 11.7 Å². The molecule has 0 N–H and O–H groups in total. The zero-order valence-corrected chi connectivity index (χ0v) is 14.5. The third-order valence-electron chi connectivity index (χ3n) is 4.63. The van der Waals surface area contributed by atoms with Crippen LogP contribution in [-0.4, -0.2) is 55.5 Å². The molecule has 0 spiro atoms. The smallest absolute Gasteiger partial charge is 0.253 e. The first-order valence-corrected chi connectivity index (χ1v) is 8.56. The molecule has 0 atom stereocenters. The normalized spacial score (nSPS) is 15.2. The number of amides is 1. The SMILES string of the molecule is COc1ccc(CCN2CCN(C(=O)c3ccc(F)cc3)CC2)cc1. The van der Waals surface area contributed by atoms with Gasteiger partial charge in [0.15, 0.2) is 0 Å². The van der Waals surface area contributed by atoms with Crippen LogP contribution in [0.25, 0.3) is 0 Å². The van der Waals surface area contributed by atoms with Gasteiger partial charge in [-0.15, -0.1) is 0 Å². The maximum absolute atomic E-state index is 13.0. The second kappa shape index (κ2) is 8.12. The molecule has 1 fully saturated rings. The topological polar surface area (TPSA) is 32.8 Å². The van der Waals surface area contributed by atoms with E-state index in [1.165, 1.54) is 17.7 Å². The summed E-state index contributed by atoms with van der Waals surface area (Å²) in [5.41, 5.74) is 1.83. The van der Waals surface area contributed by atoms with Gasteiger partial charge < -0.3 is 9.64 Å². The summed E-state index contributed by atoms with van der Waals surface area (Å²) >= 11 is 0. The molecule has 4 nitrogen and oxygen atoms in total. The molecule has 2 aromatic rings. The minimum absolute atomic E-state index is 0.0187. The van der Waals surface area contributed by atoms with E-state index in [1.54, 1.807) is 19.2 Å². The maximum Gasteiger partial charge on any atom is 0.253 e. The largest absolute Gasteiger partial charge is 0.497 e. The van der Waals surface area contributed by atoms with Gasteiger partial charge in [0.05, 0.1) is 7.11 Å². The van der Waals surface area contributed by atoms with Gasteiger partial charge in [-0.25, -0.2) is 4.39 Å². The highest BCUT2D eigenvalue weighted by atomic mass is 19.1. The number of hydrogen-bond donors (Lipinski definition) is 0. The van der Waals surface area contributed by atoms with Crippen molar-refractivity contribution in [1.82, 2.24) is 9.80 Å². The van der Waals surface area contributed by atoms with E-state index in [9.17, 15) is 9.18 Å². The average molecular weight is 342 g/mol. The quantitative estimate of drug-likeness (QED) is 0.838. The van der Waals surface area contributed by atoms with E-state index in [0.29, 0.717) is 18.7 Å². The minimum Gasteiger partial charge on any atom is -0.497 e. The van der Waals surface area contributed by atoms with Crippen molar-refractivity contribution in [3.8, 4) is 5.75 Å². The summed E-state index contributed by atoms with van der Waals surface area (Å²) in [6.07, 6.45) is 0.982. The molecule has 0 bridgehead atoms. The summed E-state index contributed by atoms with van der Waals surface area (Å²) in [6.45, 7) is 4.12. The van der Waals surface area contributed by atoms with Gasteiger partial charge in [-0.3, -0.25) is 9.69 Å². The van der Waals surface area contributed by atoms with Crippen molar-refractivity contribution >= 4 is 5.91 Å². The molecule has 0 aromatic heterocycles. The van der Waals surface area contributed by atoms with E-state index >= 15 is 0 Å². The summed E-state index contributed by atoms with van der Waals surface area (Å²) in [6, 6.07) is 13.9. The molecule has 0 radical (unpaired) electrons. The number of benzene rings is 2. The molecule has 0 aliphatic carbocycles. The van der Waals surface area contributed by atoms with Crippen LogP contribution in [0.4, 0.5) is 4.39 Å². The molecule has 0 unspecified atom stereocenters. The predicted octanol–water partition coefficient (Wildman–Crippen LogP) is 2.83. The van der Waals surface area contributed by atoms with Gasteiger partial charge in [-0.05, 0) is 48.4 Å². The molecule has 1 heterocycles. The van der Waals surface area contributed by atoms with Crippen LogP contribution in [0.2, 0.25) is 0 Å². The Morgan fingerprint density at radius 1 is 1.00 bits per heavy atom. The van der Waals surface area contributed by atoms with Crippen molar-refractivity contribution in [2.75, 3.05) is 39.8 Å². The third kappa shape index (κ3) is 4.57. The van der Waals surface area contributed by atoms with E-state index in [2.05, 4.69) is 17.0 Å². The maximum atomic E-state index is 13.0. The number of halogens is 1. The average Bonchev–Trinajstić information content (AvgIpc) is 2.67. The summed E-state index contributed by atoms with van der Waals surface area (Å²) in [5, 5.41) is 0. The second-order valence-electron chi connectivity index (χ2n) is 6.24. The van der Waals surface area contributed by atoms with Crippen molar-refractivity contribution in [2.24, 2.45) is 0 Å². The number of nitrogens with zero attached hydrogens (tertiary/aromatic N) is 2. The van der Waals surface area contributed by atoms with Crippen LogP contribution in [0.1, 0.15) is 15.9 Å². The van der Waals surface area contributed by atoms with Gasteiger partial charge in [-0.1, -0.05) is 12.1 Å². The Bertz CT molecular complexity index is 693. The summed E-state index contributed by atoms with van der Waals surface area (Å²) in [7, 11) is 1.67. The lowest BCUT2D eigenvalue weighted by molar-refractivity contribution is 0.0638. The Kier molecular flexibility index (Phi) is 5.66. The van der Waals surface area contributed by atoms with Crippen LogP contribution in [0, 0.1) is 5.82 Å². The Morgan fingerprint density at radius 2 is 1.64 bits per heavy atom. The molecule has 1 aliphatic rings. The number of methoxy groups -OCH3 is 1. The number of ether oxygens (including phenoxy) is 1. The van der Waals surface area contributed by atoms with E-state index in [0.717, 1.165) is 31.8 Å². The van der Waals surface area contributed by atoms with Gasteiger partial charge in [-0.2, -0.15) is 0 Å². The van der Waals surface area contributed by atoms with Crippen LogP contribution in [0.15, 0.2) is 48.5 Å². The Labute approximate surface area is 147 Å². The summed E-state index contributed by atoms with van der Waals surface area (Å²) < 4.78 is 18.1. The highest BCUT2D eigenvalue weighted by Crippen LogP contribution is 2.13. The van der Waals surface area contributed by atoms with Crippen molar-refractivity contribution in [1.29, 1.82) is 0 Å². The molecule has 3 rings (SSSR count). The monoisotopic (exact) mass is 342 g/mol. The lowest BCUT2D eigenvalue weighted by Gasteiger charge is -2.34. The fraction of sp³-hybridized carbons (Fsp3) is 0.350. The Balaban J connectivity index is 1.46. The van der Waals surface area contributed by atoms with Crippen molar-refractivity contribution in [2.45, 2.75) is 6.42 Å². The molecular formula is C20H23FN2O2. The second-order valence-corrected chi connectivity index (χ2v) is 6.24. The highest BCUT2D eigenvalue weighted by Gasteiger charge is 2.21. The van der Waals surface area contributed by atoms with E-state index in [1.807, 2.05) is 17.0 Å². The molecule has 1 saturated heterocycles. The van der Waals surface area contributed by atoms with Gasteiger partial charge in [0, 0.05) is 38.3 Å². The first-order chi connectivity index (χ1) is 12.2. The molecule has 1 aliphatic heterocycles. The van der Waals surface area contributed by atoms with Crippen LogP contribution >= 0.6 is 0 Å². The van der Waals surface area contributed by atoms with Crippen molar-refractivity contribution in [3.05, 3.63) is 65.5 Å². The first kappa shape index (κ1) is 17.4. The van der Waals surface area contributed by atoms with Crippen LogP contribution in [0.5, 0.6) is 5.75 Å². The molecule has 0 saturated carbocycles.